The number of hydrogen-bond acceptors (Lipinski definition) is 4. The first-order valence-electron chi connectivity index (χ1n) is 9.61. The molecule has 1 fully saturated rings. The summed E-state index contributed by atoms with van der Waals surface area (Å²) in [4.78, 5) is 21.9. The third-order valence-corrected chi connectivity index (χ3v) is 5.71. The second-order valence-electron chi connectivity index (χ2n) is 8.14. The summed E-state index contributed by atoms with van der Waals surface area (Å²) < 4.78 is 13.3. The van der Waals surface area contributed by atoms with Crippen LogP contribution in [-0.2, 0) is 11.3 Å². The molecule has 0 unspecified atom stereocenters. The molecule has 6 heteroatoms. The number of carbonyl (C=O) groups excluding carboxylic acids is 1. The van der Waals surface area contributed by atoms with E-state index in [4.69, 9.17) is 4.98 Å². The zero-order valence-corrected chi connectivity index (χ0v) is 17.2. The Kier molecular flexibility index (Phi) is 6.15. The van der Waals surface area contributed by atoms with Crippen molar-refractivity contribution < 1.29 is 9.18 Å². The molecular formula is C21H28FN3OS. The highest BCUT2D eigenvalue weighted by atomic mass is 32.1. The van der Waals surface area contributed by atoms with Crippen molar-refractivity contribution in [2.75, 3.05) is 22.9 Å². The Bertz CT molecular complexity index is 758. The molecule has 0 saturated carbocycles. The zero-order chi connectivity index (χ0) is 19.4. The van der Waals surface area contributed by atoms with Gasteiger partial charge < -0.3 is 9.80 Å². The van der Waals surface area contributed by atoms with Crippen molar-refractivity contribution in [1.82, 2.24) is 4.98 Å². The lowest BCUT2D eigenvalue weighted by atomic mass is 9.94. The Morgan fingerprint density at radius 3 is 2.37 bits per heavy atom. The van der Waals surface area contributed by atoms with Gasteiger partial charge >= 0.3 is 0 Å². The highest BCUT2D eigenvalue weighted by molar-refractivity contribution is 7.13. The van der Waals surface area contributed by atoms with E-state index in [1.165, 1.54) is 37.8 Å². The van der Waals surface area contributed by atoms with Crippen molar-refractivity contribution in [2.24, 2.45) is 5.41 Å². The summed E-state index contributed by atoms with van der Waals surface area (Å²) in [6.07, 6.45) is 4.98. The van der Waals surface area contributed by atoms with Gasteiger partial charge in [-0.05, 0) is 37.1 Å². The standard InChI is InChI=1S/C21H28FN3OS/c1-21(2,3)19(26)25(18-10-8-16(22)9-11-18)14-17-15-27-20(23-17)24-12-6-4-5-7-13-24/h8-11,15H,4-7,12-14H2,1-3H3. The fourth-order valence-electron chi connectivity index (χ4n) is 3.24. The predicted molar refractivity (Wildman–Crippen MR) is 110 cm³/mol. The van der Waals surface area contributed by atoms with Crippen LogP contribution in [0.3, 0.4) is 0 Å². The molecule has 0 radical (unpaired) electrons. The lowest BCUT2D eigenvalue weighted by Crippen LogP contribution is -2.39. The topological polar surface area (TPSA) is 36.4 Å². The van der Waals surface area contributed by atoms with Crippen molar-refractivity contribution in [3.05, 3.63) is 41.2 Å². The number of anilines is 2. The number of benzene rings is 1. The lowest BCUT2D eigenvalue weighted by Gasteiger charge is -2.29. The van der Waals surface area contributed by atoms with Gasteiger partial charge in [-0.1, -0.05) is 33.6 Å². The third kappa shape index (κ3) is 5.06. The van der Waals surface area contributed by atoms with Gasteiger partial charge in [-0.15, -0.1) is 11.3 Å². The SMILES string of the molecule is CC(C)(C)C(=O)N(Cc1csc(N2CCCCCC2)n1)c1ccc(F)cc1. The maximum absolute atomic E-state index is 13.3. The van der Waals surface area contributed by atoms with Crippen LogP contribution < -0.4 is 9.80 Å². The maximum Gasteiger partial charge on any atom is 0.232 e. The van der Waals surface area contributed by atoms with Gasteiger partial charge in [-0.3, -0.25) is 4.79 Å². The minimum absolute atomic E-state index is 0.00145. The van der Waals surface area contributed by atoms with Gasteiger partial charge in [-0.2, -0.15) is 0 Å². The molecule has 146 valence electrons. The van der Waals surface area contributed by atoms with E-state index in [9.17, 15) is 9.18 Å². The van der Waals surface area contributed by atoms with Crippen LogP contribution >= 0.6 is 11.3 Å². The second-order valence-corrected chi connectivity index (χ2v) is 8.98. The minimum Gasteiger partial charge on any atom is -0.348 e. The molecule has 0 bridgehead atoms. The average molecular weight is 390 g/mol. The first-order valence-corrected chi connectivity index (χ1v) is 10.5. The molecule has 2 aromatic rings. The van der Waals surface area contributed by atoms with E-state index in [1.807, 2.05) is 26.2 Å². The molecule has 27 heavy (non-hydrogen) atoms. The Hall–Kier alpha value is -1.95. The van der Waals surface area contributed by atoms with Crippen LogP contribution in [0.2, 0.25) is 0 Å². The van der Waals surface area contributed by atoms with Crippen LogP contribution in [0, 0.1) is 11.2 Å². The molecule has 1 aliphatic heterocycles. The molecular weight excluding hydrogens is 361 g/mol. The Balaban J connectivity index is 1.81. The first kappa shape index (κ1) is 19.8. The van der Waals surface area contributed by atoms with Crippen LogP contribution in [0.15, 0.2) is 29.6 Å². The molecule has 1 saturated heterocycles. The van der Waals surface area contributed by atoms with E-state index in [0.717, 1.165) is 23.9 Å². The molecule has 2 heterocycles. The first-order chi connectivity index (χ1) is 12.8. The molecule has 1 aromatic heterocycles. The summed E-state index contributed by atoms with van der Waals surface area (Å²) in [5.41, 5.74) is 1.04. The Morgan fingerprint density at radius 2 is 1.78 bits per heavy atom. The monoisotopic (exact) mass is 389 g/mol. The normalized spacial score (nSPS) is 15.5. The molecule has 0 aliphatic carbocycles. The average Bonchev–Trinajstić information content (AvgIpc) is 2.92. The second kappa shape index (κ2) is 8.38. The number of carbonyl (C=O) groups is 1. The fourth-order valence-corrected chi connectivity index (χ4v) is 4.11. The van der Waals surface area contributed by atoms with Gasteiger partial charge in [0.2, 0.25) is 5.91 Å². The quantitative estimate of drug-likeness (QED) is 0.717. The number of hydrogen-bond donors (Lipinski definition) is 0. The summed E-state index contributed by atoms with van der Waals surface area (Å²) in [6.45, 7) is 8.19. The van der Waals surface area contributed by atoms with Gasteiger partial charge in [0.1, 0.15) is 5.82 Å². The molecule has 0 spiro atoms. The van der Waals surface area contributed by atoms with E-state index in [2.05, 4.69) is 4.90 Å². The molecule has 0 atom stereocenters. The van der Waals surface area contributed by atoms with Crippen LogP contribution in [0.25, 0.3) is 0 Å². The van der Waals surface area contributed by atoms with Crippen LogP contribution in [-0.4, -0.2) is 24.0 Å². The molecule has 1 aromatic carbocycles. The lowest BCUT2D eigenvalue weighted by molar-refractivity contribution is -0.125. The number of rotatable bonds is 4. The minimum atomic E-state index is -0.530. The summed E-state index contributed by atoms with van der Waals surface area (Å²) >= 11 is 1.64. The molecule has 3 rings (SSSR count). The van der Waals surface area contributed by atoms with Crippen molar-refractivity contribution >= 4 is 28.1 Å². The Morgan fingerprint density at radius 1 is 1.15 bits per heavy atom. The van der Waals surface area contributed by atoms with Crippen LogP contribution in [0.4, 0.5) is 15.2 Å². The number of halogens is 1. The van der Waals surface area contributed by atoms with E-state index in [-0.39, 0.29) is 11.7 Å². The van der Waals surface area contributed by atoms with Gasteiger partial charge in [-0.25, -0.2) is 9.37 Å². The van der Waals surface area contributed by atoms with E-state index in [1.54, 1.807) is 28.4 Å². The number of amides is 1. The zero-order valence-electron chi connectivity index (χ0n) is 16.4. The summed E-state index contributed by atoms with van der Waals surface area (Å²) in [6, 6.07) is 6.09. The van der Waals surface area contributed by atoms with Crippen molar-refractivity contribution in [3.63, 3.8) is 0 Å². The highest BCUT2D eigenvalue weighted by Crippen LogP contribution is 2.28. The largest absolute Gasteiger partial charge is 0.348 e. The van der Waals surface area contributed by atoms with E-state index >= 15 is 0 Å². The molecule has 1 aliphatic rings. The summed E-state index contributed by atoms with van der Waals surface area (Å²) in [5.74, 6) is -0.308. The molecule has 4 nitrogen and oxygen atoms in total. The Labute approximate surface area is 165 Å². The number of nitrogens with zero attached hydrogens (tertiary/aromatic N) is 3. The summed E-state index contributed by atoms with van der Waals surface area (Å²) in [5, 5.41) is 3.07. The third-order valence-electron chi connectivity index (χ3n) is 4.76. The van der Waals surface area contributed by atoms with Gasteiger partial charge in [0, 0.05) is 29.6 Å². The van der Waals surface area contributed by atoms with Gasteiger partial charge in [0.05, 0.1) is 12.2 Å². The maximum atomic E-state index is 13.3. The van der Waals surface area contributed by atoms with Gasteiger partial charge in [0.15, 0.2) is 5.13 Å². The molecule has 1 amide bonds. The number of aromatic nitrogens is 1. The van der Waals surface area contributed by atoms with Crippen molar-refractivity contribution in [1.29, 1.82) is 0 Å². The highest BCUT2D eigenvalue weighted by Gasteiger charge is 2.29. The van der Waals surface area contributed by atoms with Gasteiger partial charge in [0.25, 0.3) is 0 Å². The van der Waals surface area contributed by atoms with Crippen LogP contribution in [0.5, 0.6) is 0 Å². The molecule has 0 N–H and O–H groups in total. The summed E-state index contributed by atoms with van der Waals surface area (Å²) in [7, 11) is 0. The fraction of sp³-hybridized carbons (Fsp3) is 0.524. The smallest absolute Gasteiger partial charge is 0.232 e. The van der Waals surface area contributed by atoms with E-state index in [0.29, 0.717) is 12.2 Å². The predicted octanol–water partition coefficient (Wildman–Crippen LogP) is 5.24. The van der Waals surface area contributed by atoms with Crippen molar-refractivity contribution in [3.8, 4) is 0 Å². The van der Waals surface area contributed by atoms with E-state index < -0.39 is 5.41 Å². The van der Waals surface area contributed by atoms with Crippen LogP contribution in [0.1, 0.15) is 52.1 Å². The number of thiazole rings is 1. The van der Waals surface area contributed by atoms with Crippen molar-refractivity contribution in [2.45, 2.75) is 53.0 Å².